The molecule has 0 atom stereocenters. The van der Waals surface area contributed by atoms with Crippen molar-refractivity contribution in [3.8, 4) is 0 Å². The van der Waals surface area contributed by atoms with E-state index in [1.165, 1.54) is 58.2 Å². The van der Waals surface area contributed by atoms with Crippen LogP contribution in [-0.4, -0.2) is 75.0 Å². The molecule has 0 unspecified atom stereocenters. The van der Waals surface area contributed by atoms with Gasteiger partial charge in [-0.2, -0.15) is 0 Å². The first-order valence-corrected chi connectivity index (χ1v) is 7.72. The molecular formula is C15H33IN4. The van der Waals surface area contributed by atoms with Crippen LogP contribution in [0.2, 0.25) is 0 Å². The van der Waals surface area contributed by atoms with E-state index >= 15 is 0 Å². The fraction of sp³-hybridized carbons (Fsp3) is 0.933. The average molecular weight is 396 g/mol. The second-order valence-corrected chi connectivity index (χ2v) is 5.93. The molecule has 0 saturated carbocycles. The van der Waals surface area contributed by atoms with E-state index in [-0.39, 0.29) is 24.0 Å². The smallest absolute Gasteiger partial charge is 0.195 e. The lowest BCUT2D eigenvalue weighted by molar-refractivity contribution is 0.224. The lowest BCUT2D eigenvalue weighted by atomic mass is 10.1. The number of likely N-dealkylation sites (tertiary alicyclic amines) is 1. The van der Waals surface area contributed by atoms with Gasteiger partial charge in [0.15, 0.2) is 5.96 Å². The minimum Gasteiger partial charge on any atom is -0.349 e. The lowest BCUT2D eigenvalue weighted by Gasteiger charge is -2.26. The summed E-state index contributed by atoms with van der Waals surface area (Å²) in [6, 6.07) is 0. The SMILES string of the molecule is CN(C)C(=NCCCCCN1CCCCC1)N(C)C.I. The molecule has 1 aliphatic heterocycles. The Morgan fingerprint density at radius 1 is 0.900 bits per heavy atom. The number of halogens is 1. The first-order chi connectivity index (χ1) is 9.11. The molecule has 20 heavy (non-hydrogen) atoms. The van der Waals surface area contributed by atoms with Crippen LogP contribution in [0.15, 0.2) is 4.99 Å². The molecule has 1 saturated heterocycles. The van der Waals surface area contributed by atoms with E-state index in [9.17, 15) is 0 Å². The molecule has 0 radical (unpaired) electrons. The standard InChI is InChI=1S/C15H32N4.HI/c1-17(2)15(18(3)4)16-11-7-5-8-12-19-13-9-6-10-14-19;/h5-14H2,1-4H3;1H. The summed E-state index contributed by atoms with van der Waals surface area (Å²) in [5.74, 6) is 1.07. The van der Waals surface area contributed by atoms with Crippen LogP contribution in [0.3, 0.4) is 0 Å². The van der Waals surface area contributed by atoms with E-state index in [1.54, 1.807) is 0 Å². The minimum absolute atomic E-state index is 0. The zero-order valence-corrected chi connectivity index (χ0v) is 16.1. The van der Waals surface area contributed by atoms with Gasteiger partial charge in [0.2, 0.25) is 0 Å². The molecule has 0 aromatic carbocycles. The Morgan fingerprint density at radius 2 is 1.50 bits per heavy atom. The highest BCUT2D eigenvalue weighted by Gasteiger charge is 2.08. The highest BCUT2D eigenvalue weighted by Crippen LogP contribution is 2.09. The summed E-state index contributed by atoms with van der Waals surface area (Å²) in [5.41, 5.74) is 0. The van der Waals surface area contributed by atoms with E-state index in [4.69, 9.17) is 0 Å². The van der Waals surface area contributed by atoms with Crippen molar-refractivity contribution in [2.75, 3.05) is 54.4 Å². The third-order valence-corrected chi connectivity index (χ3v) is 3.63. The van der Waals surface area contributed by atoms with Crippen LogP contribution in [0.1, 0.15) is 38.5 Å². The summed E-state index contributed by atoms with van der Waals surface area (Å²) in [6.07, 6.45) is 8.07. The number of unbranched alkanes of at least 4 members (excludes halogenated alkanes) is 2. The van der Waals surface area contributed by atoms with Gasteiger partial charge in [-0.05, 0) is 45.3 Å². The Bertz CT molecular complexity index is 251. The molecule has 0 N–H and O–H groups in total. The lowest BCUT2D eigenvalue weighted by Crippen LogP contribution is -2.35. The van der Waals surface area contributed by atoms with E-state index < -0.39 is 0 Å². The van der Waals surface area contributed by atoms with E-state index in [2.05, 4.69) is 47.9 Å². The third kappa shape index (κ3) is 8.29. The summed E-state index contributed by atoms with van der Waals surface area (Å²) < 4.78 is 0. The molecule has 1 fully saturated rings. The Kier molecular flexibility index (Phi) is 11.6. The van der Waals surface area contributed by atoms with Gasteiger partial charge in [-0.15, -0.1) is 24.0 Å². The van der Waals surface area contributed by atoms with Crippen molar-refractivity contribution in [1.82, 2.24) is 14.7 Å². The van der Waals surface area contributed by atoms with Crippen molar-refractivity contribution >= 4 is 29.9 Å². The fourth-order valence-corrected chi connectivity index (χ4v) is 2.67. The van der Waals surface area contributed by atoms with Crippen LogP contribution in [0, 0.1) is 0 Å². The average Bonchev–Trinajstić information content (AvgIpc) is 2.38. The van der Waals surface area contributed by atoms with Crippen molar-refractivity contribution < 1.29 is 0 Å². The van der Waals surface area contributed by atoms with Crippen LogP contribution < -0.4 is 0 Å². The number of aliphatic imine (C=N–C) groups is 1. The Balaban J connectivity index is 0.00000361. The molecule has 1 rings (SSSR count). The quantitative estimate of drug-likeness (QED) is 0.298. The summed E-state index contributed by atoms with van der Waals surface area (Å²) in [5, 5.41) is 0. The zero-order valence-electron chi connectivity index (χ0n) is 13.8. The normalized spacial score (nSPS) is 15.4. The van der Waals surface area contributed by atoms with E-state index in [0.717, 1.165) is 12.5 Å². The van der Waals surface area contributed by atoms with Gasteiger partial charge in [0.05, 0.1) is 0 Å². The molecule has 0 spiro atoms. The van der Waals surface area contributed by atoms with Gasteiger partial charge in [0.25, 0.3) is 0 Å². The van der Waals surface area contributed by atoms with Crippen molar-refractivity contribution in [2.24, 2.45) is 4.99 Å². The van der Waals surface area contributed by atoms with Crippen molar-refractivity contribution in [2.45, 2.75) is 38.5 Å². The van der Waals surface area contributed by atoms with E-state index in [0.29, 0.717) is 0 Å². The molecule has 1 heterocycles. The number of hydrogen-bond acceptors (Lipinski definition) is 2. The first kappa shape index (κ1) is 20.0. The van der Waals surface area contributed by atoms with Crippen LogP contribution in [-0.2, 0) is 0 Å². The maximum atomic E-state index is 4.66. The molecule has 0 aromatic heterocycles. The second kappa shape index (κ2) is 11.6. The van der Waals surface area contributed by atoms with Gasteiger partial charge >= 0.3 is 0 Å². The molecule has 0 aliphatic carbocycles. The van der Waals surface area contributed by atoms with E-state index in [1.807, 2.05) is 0 Å². The minimum atomic E-state index is 0. The first-order valence-electron chi connectivity index (χ1n) is 7.72. The summed E-state index contributed by atoms with van der Waals surface area (Å²) in [7, 11) is 8.20. The largest absolute Gasteiger partial charge is 0.349 e. The molecule has 0 amide bonds. The Hall–Kier alpha value is -0.0400. The molecule has 4 nitrogen and oxygen atoms in total. The predicted molar refractivity (Wildman–Crippen MR) is 99.2 cm³/mol. The maximum Gasteiger partial charge on any atom is 0.195 e. The number of hydrogen-bond donors (Lipinski definition) is 0. The monoisotopic (exact) mass is 396 g/mol. The molecule has 0 aromatic rings. The molecule has 0 bridgehead atoms. The van der Waals surface area contributed by atoms with Gasteiger partial charge in [-0.1, -0.05) is 12.8 Å². The summed E-state index contributed by atoms with van der Waals surface area (Å²) >= 11 is 0. The Morgan fingerprint density at radius 3 is 2.05 bits per heavy atom. The highest BCUT2D eigenvalue weighted by molar-refractivity contribution is 14.0. The van der Waals surface area contributed by atoms with Crippen molar-refractivity contribution in [3.05, 3.63) is 0 Å². The van der Waals surface area contributed by atoms with Gasteiger partial charge in [-0.3, -0.25) is 4.99 Å². The van der Waals surface area contributed by atoms with Gasteiger partial charge in [-0.25, -0.2) is 0 Å². The molecule has 1 aliphatic rings. The highest BCUT2D eigenvalue weighted by atomic mass is 127. The molecular weight excluding hydrogens is 363 g/mol. The Labute approximate surface area is 142 Å². The van der Waals surface area contributed by atoms with Crippen molar-refractivity contribution in [3.63, 3.8) is 0 Å². The predicted octanol–water partition coefficient (Wildman–Crippen LogP) is 2.74. The van der Waals surface area contributed by atoms with Crippen LogP contribution >= 0.6 is 24.0 Å². The number of piperidine rings is 1. The second-order valence-electron chi connectivity index (χ2n) is 5.93. The number of rotatable bonds is 6. The molecule has 120 valence electrons. The molecule has 5 heteroatoms. The number of nitrogens with zero attached hydrogens (tertiary/aromatic N) is 4. The third-order valence-electron chi connectivity index (χ3n) is 3.63. The summed E-state index contributed by atoms with van der Waals surface area (Å²) in [4.78, 5) is 11.4. The zero-order chi connectivity index (χ0) is 14.1. The van der Waals surface area contributed by atoms with Crippen LogP contribution in [0.25, 0.3) is 0 Å². The van der Waals surface area contributed by atoms with Gasteiger partial charge < -0.3 is 14.7 Å². The number of guanidine groups is 1. The van der Waals surface area contributed by atoms with Crippen LogP contribution in [0.4, 0.5) is 0 Å². The van der Waals surface area contributed by atoms with Gasteiger partial charge in [0, 0.05) is 34.7 Å². The fourth-order valence-electron chi connectivity index (χ4n) is 2.67. The topological polar surface area (TPSA) is 22.1 Å². The van der Waals surface area contributed by atoms with Gasteiger partial charge in [0.1, 0.15) is 0 Å². The summed E-state index contributed by atoms with van der Waals surface area (Å²) in [6.45, 7) is 4.89. The maximum absolute atomic E-state index is 4.66. The van der Waals surface area contributed by atoms with Crippen LogP contribution in [0.5, 0.6) is 0 Å². The van der Waals surface area contributed by atoms with Crippen molar-refractivity contribution in [1.29, 1.82) is 0 Å².